The van der Waals surface area contributed by atoms with Crippen LogP contribution in [-0.4, -0.2) is 36.1 Å². The summed E-state index contributed by atoms with van der Waals surface area (Å²) in [6.45, 7) is 5.54. The highest BCUT2D eigenvalue weighted by atomic mass is 16.2. The van der Waals surface area contributed by atoms with Crippen molar-refractivity contribution in [3.8, 4) is 0 Å². The third kappa shape index (κ3) is 2.32. The van der Waals surface area contributed by atoms with E-state index in [1.807, 2.05) is 43.0 Å². The molecule has 1 heterocycles. The van der Waals surface area contributed by atoms with Crippen molar-refractivity contribution in [2.24, 2.45) is 4.99 Å². The second-order valence-electron chi connectivity index (χ2n) is 6.36. The Hall–Kier alpha value is -2.13. The first-order chi connectivity index (χ1) is 10.6. The van der Waals surface area contributed by atoms with E-state index >= 15 is 0 Å². The van der Waals surface area contributed by atoms with Crippen molar-refractivity contribution in [1.29, 1.82) is 0 Å². The third-order valence-corrected chi connectivity index (χ3v) is 4.82. The number of carbonyl (C=O) groups excluding carboxylic acids is 2. The molecular weight excluding hydrogens is 278 g/mol. The van der Waals surface area contributed by atoms with E-state index in [1.54, 1.807) is 11.0 Å². The number of isocyanates is 1. The van der Waals surface area contributed by atoms with Crippen molar-refractivity contribution in [3.05, 3.63) is 29.8 Å². The Bertz CT molecular complexity index is 613. The standard InChI is InChI=1S/C17H21N3O2/c1-13(2)19-10-11-20(16(19)22)15-6-4-14(5-7-15)17(18-12-21)8-3-9-17/h4-7,13H,3,8-11H2,1-2H3. The number of nitrogens with zero attached hydrogens (tertiary/aromatic N) is 3. The van der Waals surface area contributed by atoms with Gasteiger partial charge in [-0.25, -0.2) is 9.59 Å². The highest BCUT2D eigenvalue weighted by Crippen LogP contribution is 2.45. The molecule has 0 radical (unpaired) electrons. The Kier molecular flexibility index (Phi) is 3.75. The summed E-state index contributed by atoms with van der Waals surface area (Å²) in [5, 5.41) is 0. The van der Waals surface area contributed by atoms with Crippen LogP contribution in [0.4, 0.5) is 10.5 Å². The van der Waals surface area contributed by atoms with Gasteiger partial charge in [-0.15, -0.1) is 0 Å². The highest BCUT2D eigenvalue weighted by molar-refractivity contribution is 5.94. The molecule has 0 spiro atoms. The van der Waals surface area contributed by atoms with Crippen molar-refractivity contribution >= 4 is 17.8 Å². The normalized spacial score (nSPS) is 20.0. The second-order valence-corrected chi connectivity index (χ2v) is 6.36. The summed E-state index contributed by atoms with van der Waals surface area (Å²) in [6, 6.07) is 8.17. The Labute approximate surface area is 130 Å². The summed E-state index contributed by atoms with van der Waals surface area (Å²) in [5.41, 5.74) is 1.57. The molecule has 116 valence electrons. The molecule has 2 aliphatic rings. The Morgan fingerprint density at radius 3 is 2.32 bits per heavy atom. The fourth-order valence-corrected chi connectivity index (χ4v) is 3.29. The predicted molar refractivity (Wildman–Crippen MR) is 84.7 cm³/mol. The topological polar surface area (TPSA) is 53.0 Å². The lowest BCUT2D eigenvalue weighted by atomic mass is 9.72. The first-order valence-electron chi connectivity index (χ1n) is 7.85. The molecule has 1 aromatic rings. The minimum atomic E-state index is -0.376. The average molecular weight is 299 g/mol. The van der Waals surface area contributed by atoms with Crippen LogP contribution in [0.3, 0.4) is 0 Å². The van der Waals surface area contributed by atoms with Crippen LogP contribution in [-0.2, 0) is 10.3 Å². The molecule has 0 atom stereocenters. The van der Waals surface area contributed by atoms with Gasteiger partial charge >= 0.3 is 6.03 Å². The largest absolute Gasteiger partial charge is 0.324 e. The van der Waals surface area contributed by atoms with Crippen LogP contribution in [0.15, 0.2) is 29.3 Å². The molecule has 3 rings (SSSR count). The van der Waals surface area contributed by atoms with Crippen LogP contribution in [0.2, 0.25) is 0 Å². The van der Waals surface area contributed by atoms with Gasteiger partial charge in [0.2, 0.25) is 6.08 Å². The lowest BCUT2D eigenvalue weighted by Gasteiger charge is -2.37. The van der Waals surface area contributed by atoms with Crippen LogP contribution in [0.25, 0.3) is 0 Å². The van der Waals surface area contributed by atoms with Crippen molar-refractivity contribution in [2.45, 2.75) is 44.7 Å². The van der Waals surface area contributed by atoms with Gasteiger partial charge in [0.25, 0.3) is 0 Å². The van der Waals surface area contributed by atoms with Gasteiger partial charge in [-0.2, -0.15) is 4.99 Å². The Morgan fingerprint density at radius 2 is 1.86 bits per heavy atom. The fraction of sp³-hybridized carbons (Fsp3) is 0.529. The molecular formula is C17H21N3O2. The van der Waals surface area contributed by atoms with Crippen LogP contribution < -0.4 is 4.90 Å². The van der Waals surface area contributed by atoms with Gasteiger partial charge in [-0.05, 0) is 50.8 Å². The number of urea groups is 1. The lowest BCUT2D eigenvalue weighted by molar-refractivity contribution is 0.209. The third-order valence-electron chi connectivity index (χ3n) is 4.82. The lowest BCUT2D eigenvalue weighted by Crippen LogP contribution is -2.36. The molecule has 0 unspecified atom stereocenters. The Balaban J connectivity index is 1.81. The number of hydrogen-bond donors (Lipinski definition) is 0. The summed E-state index contributed by atoms with van der Waals surface area (Å²) in [5.74, 6) is 0. The van der Waals surface area contributed by atoms with Crippen LogP contribution in [0.5, 0.6) is 0 Å². The van der Waals surface area contributed by atoms with Gasteiger partial charge in [0.1, 0.15) is 0 Å². The Morgan fingerprint density at radius 1 is 1.18 bits per heavy atom. The van der Waals surface area contributed by atoms with E-state index < -0.39 is 0 Å². The van der Waals surface area contributed by atoms with Gasteiger partial charge < -0.3 is 4.90 Å². The van der Waals surface area contributed by atoms with Gasteiger partial charge in [0.05, 0.1) is 5.54 Å². The van der Waals surface area contributed by atoms with Crippen molar-refractivity contribution in [1.82, 2.24) is 4.90 Å². The SMILES string of the molecule is CC(C)N1CCN(c2ccc(C3(N=C=O)CCC3)cc2)C1=O. The number of benzene rings is 1. The maximum absolute atomic E-state index is 12.4. The molecule has 0 aromatic heterocycles. The first-order valence-corrected chi connectivity index (χ1v) is 7.85. The molecule has 1 aromatic carbocycles. The summed E-state index contributed by atoms with van der Waals surface area (Å²) >= 11 is 0. The molecule has 0 bridgehead atoms. The number of hydrogen-bond acceptors (Lipinski definition) is 3. The number of amides is 2. The van der Waals surface area contributed by atoms with Crippen molar-refractivity contribution in [2.75, 3.05) is 18.0 Å². The zero-order valence-corrected chi connectivity index (χ0v) is 13.1. The molecule has 5 heteroatoms. The van der Waals surface area contributed by atoms with Gasteiger partial charge in [0.15, 0.2) is 0 Å². The number of anilines is 1. The zero-order chi connectivity index (χ0) is 15.7. The van der Waals surface area contributed by atoms with Crippen molar-refractivity contribution < 1.29 is 9.59 Å². The molecule has 5 nitrogen and oxygen atoms in total. The minimum absolute atomic E-state index is 0.0621. The highest BCUT2D eigenvalue weighted by Gasteiger charge is 2.39. The molecule has 1 aliphatic heterocycles. The minimum Gasteiger partial charge on any atom is -0.320 e. The molecule has 1 aliphatic carbocycles. The maximum atomic E-state index is 12.4. The summed E-state index contributed by atoms with van der Waals surface area (Å²) in [4.78, 5) is 30.7. The van der Waals surface area contributed by atoms with Gasteiger partial charge in [0, 0.05) is 24.8 Å². The predicted octanol–water partition coefficient (Wildman–Crippen LogP) is 3.05. The monoisotopic (exact) mass is 299 g/mol. The van der Waals surface area contributed by atoms with E-state index in [0.29, 0.717) is 6.54 Å². The summed E-state index contributed by atoms with van der Waals surface area (Å²) in [6.07, 6.45) is 4.58. The average Bonchev–Trinajstić information content (AvgIpc) is 2.85. The van der Waals surface area contributed by atoms with E-state index in [0.717, 1.165) is 37.1 Å². The van der Waals surface area contributed by atoms with E-state index in [9.17, 15) is 9.59 Å². The second kappa shape index (κ2) is 5.58. The van der Waals surface area contributed by atoms with Crippen molar-refractivity contribution in [3.63, 3.8) is 0 Å². The molecule has 0 N–H and O–H groups in total. The molecule has 1 saturated carbocycles. The fourth-order valence-electron chi connectivity index (χ4n) is 3.29. The molecule has 22 heavy (non-hydrogen) atoms. The van der Waals surface area contributed by atoms with E-state index in [-0.39, 0.29) is 17.6 Å². The quantitative estimate of drug-likeness (QED) is 0.634. The van der Waals surface area contributed by atoms with Gasteiger partial charge in [-0.3, -0.25) is 4.90 Å². The molecule has 1 saturated heterocycles. The van der Waals surface area contributed by atoms with E-state index in [1.165, 1.54) is 0 Å². The van der Waals surface area contributed by atoms with Gasteiger partial charge in [-0.1, -0.05) is 12.1 Å². The van der Waals surface area contributed by atoms with Crippen LogP contribution in [0, 0.1) is 0 Å². The molecule has 2 fully saturated rings. The number of carbonyl (C=O) groups is 1. The number of rotatable bonds is 4. The number of aliphatic imine (C=N–C) groups is 1. The first kappa shape index (κ1) is 14.8. The van der Waals surface area contributed by atoms with Crippen LogP contribution >= 0.6 is 0 Å². The summed E-state index contributed by atoms with van der Waals surface area (Å²) in [7, 11) is 0. The van der Waals surface area contributed by atoms with E-state index in [4.69, 9.17) is 0 Å². The van der Waals surface area contributed by atoms with E-state index in [2.05, 4.69) is 4.99 Å². The maximum Gasteiger partial charge on any atom is 0.324 e. The molecule has 2 amide bonds. The smallest absolute Gasteiger partial charge is 0.320 e. The summed E-state index contributed by atoms with van der Waals surface area (Å²) < 4.78 is 0. The van der Waals surface area contributed by atoms with Crippen LogP contribution in [0.1, 0.15) is 38.7 Å². The zero-order valence-electron chi connectivity index (χ0n) is 13.1.